The quantitative estimate of drug-likeness (QED) is 0.382. The molecule has 1 aromatic heterocycles. The minimum atomic E-state index is -0.0849. The van der Waals surface area contributed by atoms with Crippen molar-refractivity contribution in [3.63, 3.8) is 0 Å². The molecule has 1 aliphatic rings. The molecule has 0 saturated carbocycles. The van der Waals surface area contributed by atoms with Crippen LogP contribution in [0.5, 0.6) is 11.5 Å². The lowest BCUT2D eigenvalue weighted by molar-refractivity contribution is -0.131. The number of fused-ring (bicyclic) bond motifs is 1. The monoisotopic (exact) mass is 483 g/mol. The number of hydrogen-bond acceptors (Lipinski definition) is 4. The zero-order chi connectivity index (χ0) is 24.7. The molecule has 3 aromatic carbocycles. The topological polar surface area (TPSA) is 74.9 Å². The first-order chi connectivity index (χ1) is 17.7. The van der Waals surface area contributed by atoms with Crippen molar-refractivity contribution in [3.05, 3.63) is 96.2 Å². The molecule has 1 saturated heterocycles. The van der Waals surface area contributed by atoms with E-state index in [9.17, 15) is 9.59 Å². The van der Waals surface area contributed by atoms with Gasteiger partial charge in [-0.1, -0.05) is 48.5 Å². The zero-order valence-electron chi connectivity index (χ0n) is 20.1. The number of benzene rings is 3. The Morgan fingerprint density at radius 3 is 2.25 bits per heavy atom. The Bertz CT molecular complexity index is 1330. The molecule has 0 aliphatic carbocycles. The van der Waals surface area contributed by atoms with Gasteiger partial charge < -0.3 is 24.3 Å². The molecule has 1 N–H and O–H groups in total. The summed E-state index contributed by atoms with van der Waals surface area (Å²) in [5.74, 6) is 1.31. The molecule has 4 aromatic rings. The molecular formula is C29H29N3O4. The summed E-state index contributed by atoms with van der Waals surface area (Å²) in [5.41, 5.74) is 2.55. The fourth-order valence-electron chi connectivity index (χ4n) is 4.48. The minimum Gasteiger partial charge on any atom is -0.490 e. The van der Waals surface area contributed by atoms with Crippen LogP contribution < -0.4 is 9.47 Å². The molecular weight excluding hydrogens is 454 g/mol. The number of ether oxygens (including phenoxy) is 2. The van der Waals surface area contributed by atoms with Crippen LogP contribution in [0.2, 0.25) is 0 Å². The van der Waals surface area contributed by atoms with E-state index in [4.69, 9.17) is 9.47 Å². The van der Waals surface area contributed by atoms with Gasteiger partial charge in [-0.05, 0) is 35.9 Å². The normalized spacial score (nSPS) is 13.6. The number of piperazine rings is 1. The van der Waals surface area contributed by atoms with Gasteiger partial charge in [0, 0.05) is 43.3 Å². The summed E-state index contributed by atoms with van der Waals surface area (Å²) in [4.78, 5) is 33.1. The highest BCUT2D eigenvalue weighted by Gasteiger charge is 2.26. The van der Waals surface area contributed by atoms with Gasteiger partial charge in [0.2, 0.25) is 5.91 Å². The minimum absolute atomic E-state index is 0.0778. The third-order valence-electron chi connectivity index (χ3n) is 6.41. The van der Waals surface area contributed by atoms with Crippen molar-refractivity contribution in [3.8, 4) is 11.5 Å². The predicted molar refractivity (Wildman–Crippen MR) is 138 cm³/mol. The maximum atomic E-state index is 13.3. The molecule has 1 aliphatic heterocycles. The van der Waals surface area contributed by atoms with Crippen molar-refractivity contribution in [2.24, 2.45) is 0 Å². The second-order valence-electron chi connectivity index (χ2n) is 8.72. The summed E-state index contributed by atoms with van der Waals surface area (Å²) in [6, 6.07) is 24.8. The maximum Gasteiger partial charge on any atom is 0.257 e. The Hall–Kier alpha value is -4.26. The molecule has 1 fully saturated rings. The van der Waals surface area contributed by atoms with Crippen molar-refractivity contribution in [2.75, 3.05) is 39.4 Å². The number of rotatable bonds is 8. The predicted octanol–water partition coefficient (Wildman–Crippen LogP) is 4.15. The smallest absolute Gasteiger partial charge is 0.257 e. The third-order valence-corrected chi connectivity index (χ3v) is 6.41. The molecule has 2 amide bonds. The SMILES string of the molecule is O=C(Cc1c[nH]c2ccccc12)N1CCN(C(=O)c2ccccc2OCCOc2ccccc2)CC1. The van der Waals surface area contributed by atoms with E-state index in [0.29, 0.717) is 57.1 Å². The van der Waals surface area contributed by atoms with Crippen molar-refractivity contribution in [1.82, 2.24) is 14.8 Å². The fourth-order valence-corrected chi connectivity index (χ4v) is 4.48. The van der Waals surface area contributed by atoms with Gasteiger partial charge in [-0.25, -0.2) is 0 Å². The van der Waals surface area contributed by atoms with Crippen LogP contribution in [-0.4, -0.2) is 66.0 Å². The molecule has 7 heteroatoms. The number of carbonyl (C=O) groups is 2. The summed E-state index contributed by atoms with van der Waals surface area (Å²) >= 11 is 0. The molecule has 0 unspecified atom stereocenters. The Labute approximate surface area is 210 Å². The van der Waals surface area contributed by atoms with Gasteiger partial charge in [0.15, 0.2) is 0 Å². The van der Waals surface area contributed by atoms with Crippen molar-refractivity contribution in [2.45, 2.75) is 6.42 Å². The van der Waals surface area contributed by atoms with E-state index < -0.39 is 0 Å². The number of hydrogen-bond donors (Lipinski definition) is 1. The molecule has 5 rings (SSSR count). The lowest BCUT2D eigenvalue weighted by Gasteiger charge is -2.35. The van der Waals surface area contributed by atoms with Crippen molar-refractivity contribution >= 4 is 22.7 Å². The molecule has 2 heterocycles. The Morgan fingerprint density at radius 1 is 0.750 bits per heavy atom. The fraction of sp³-hybridized carbons (Fsp3) is 0.241. The summed E-state index contributed by atoms with van der Waals surface area (Å²) in [5, 5.41) is 1.07. The molecule has 7 nitrogen and oxygen atoms in total. The standard InChI is InChI=1S/C29H29N3O4/c33-28(20-22-21-30-26-12-6-4-10-24(22)26)31-14-16-32(17-15-31)29(34)25-11-5-7-13-27(25)36-19-18-35-23-8-2-1-3-9-23/h1-13,21,30H,14-20H2. The molecule has 0 bridgehead atoms. The second kappa shape index (κ2) is 11.0. The van der Waals surface area contributed by atoms with E-state index in [1.807, 2.05) is 77.8 Å². The van der Waals surface area contributed by atoms with Crippen LogP contribution in [0.25, 0.3) is 10.9 Å². The highest BCUT2D eigenvalue weighted by molar-refractivity contribution is 5.97. The number of aromatic nitrogens is 1. The summed E-state index contributed by atoms with van der Waals surface area (Å²) < 4.78 is 11.6. The van der Waals surface area contributed by atoms with Crippen LogP contribution in [0.15, 0.2) is 85.1 Å². The first-order valence-corrected chi connectivity index (χ1v) is 12.2. The van der Waals surface area contributed by atoms with E-state index >= 15 is 0 Å². The number of nitrogens with zero attached hydrogens (tertiary/aromatic N) is 2. The number of amides is 2. The molecule has 36 heavy (non-hydrogen) atoms. The molecule has 0 spiro atoms. The second-order valence-corrected chi connectivity index (χ2v) is 8.72. The number of aromatic amines is 1. The highest BCUT2D eigenvalue weighted by Crippen LogP contribution is 2.22. The molecule has 0 radical (unpaired) electrons. The van der Waals surface area contributed by atoms with E-state index in [1.165, 1.54) is 0 Å². The summed E-state index contributed by atoms with van der Waals surface area (Å²) in [7, 11) is 0. The summed E-state index contributed by atoms with van der Waals surface area (Å²) in [6.45, 7) is 2.72. The van der Waals surface area contributed by atoms with E-state index in [-0.39, 0.29) is 11.8 Å². The first kappa shape index (κ1) is 23.5. The van der Waals surface area contributed by atoms with Crippen molar-refractivity contribution in [1.29, 1.82) is 0 Å². The van der Waals surface area contributed by atoms with Crippen molar-refractivity contribution < 1.29 is 19.1 Å². The molecule has 184 valence electrons. The van der Waals surface area contributed by atoms with Gasteiger partial charge in [-0.3, -0.25) is 9.59 Å². The van der Waals surface area contributed by atoms with Gasteiger partial charge in [0.05, 0.1) is 12.0 Å². The Morgan fingerprint density at radius 2 is 1.42 bits per heavy atom. The highest BCUT2D eigenvalue weighted by atomic mass is 16.5. The van der Waals surface area contributed by atoms with Gasteiger partial charge in [-0.2, -0.15) is 0 Å². The van der Waals surface area contributed by atoms with Crippen LogP contribution in [0.3, 0.4) is 0 Å². The Balaban J connectivity index is 1.14. The van der Waals surface area contributed by atoms with Gasteiger partial charge in [0.1, 0.15) is 24.7 Å². The number of nitrogens with one attached hydrogen (secondary N) is 1. The molecule has 0 atom stereocenters. The largest absolute Gasteiger partial charge is 0.490 e. The van der Waals surface area contributed by atoms with Crippen LogP contribution in [0, 0.1) is 0 Å². The Kier molecular flexibility index (Phi) is 7.17. The van der Waals surface area contributed by atoms with E-state index in [0.717, 1.165) is 22.2 Å². The lowest BCUT2D eigenvalue weighted by atomic mass is 10.1. The van der Waals surface area contributed by atoms with Gasteiger partial charge in [0.25, 0.3) is 5.91 Å². The summed E-state index contributed by atoms with van der Waals surface area (Å²) in [6.07, 6.45) is 2.25. The van der Waals surface area contributed by atoms with E-state index in [1.54, 1.807) is 17.0 Å². The van der Waals surface area contributed by atoms with Crippen LogP contribution >= 0.6 is 0 Å². The van der Waals surface area contributed by atoms with Gasteiger partial charge in [-0.15, -0.1) is 0 Å². The third kappa shape index (κ3) is 5.35. The number of H-pyrrole nitrogens is 1. The average molecular weight is 484 g/mol. The van der Waals surface area contributed by atoms with Crippen LogP contribution in [0.4, 0.5) is 0 Å². The van der Waals surface area contributed by atoms with Gasteiger partial charge >= 0.3 is 0 Å². The lowest BCUT2D eigenvalue weighted by Crippen LogP contribution is -2.51. The van der Waals surface area contributed by atoms with Crippen LogP contribution in [0.1, 0.15) is 15.9 Å². The van der Waals surface area contributed by atoms with E-state index in [2.05, 4.69) is 4.98 Å². The average Bonchev–Trinajstić information content (AvgIpc) is 3.34. The van der Waals surface area contributed by atoms with Crippen LogP contribution in [-0.2, 0) is 11.2 Å². The number of para-hydroxylation sites is 3. The first-order valence-electron chi connectivity index (χ1n) is 12.2. The number of carbonyl (C=O) groups excluding carboxylic acids is 2. The maximum absolute atomic E-state index is 13.3. The zero-order valence-corrected chi connectivity index (χ0v) is 20.1.